The minimum atomic E-state index is -0.282. The zero-order valence-corrected chi connectivity index (χ0v) is 17.8. The van der Waals surface area contributed by atoms with Crippen molar-refractivity contribution in [1.82, 2.24) is 0 Å². The average Bonchev–Trinajstić information content (AvgIpc) is 2.74. The van der Waals surface area contributed by atoms with Crippen LogP contribution in [0.4, 0.5) is 0 Å². The molecule has 4 rings (SSSR count). The van der Waals surface area contributed by atoms with Crippen LogP contribution in [-0.2, 0) is 0 Å². The highest BCUT2D eigenvalue weighted by molar-refractivity contribution is 9.10. The van der Waals surface area contributed by atoms with Crippen LogP contribution in [0.5, 0.6) is 5.75 Å². The number of phenolic OH excluding ortho intramolecular Hbond substituents is 1. The summed E-state index contributed by atoms with van der Waals surface area (Å²) in [5.41, 5.74) is 3.96. The molecular weight excluding hydrogens is 424 g/mol. The maximum absolute atomic E-state index is 13.8. The number of hydrogen-bond acceptors (Lipinski definition) is 2. The molecular formula is C26H23BrO2. The zero-order chi connectivity index (χ0) is 20.4. The van der Waals surface area contributed by atoms with E-state index in [1.807, 2.05) is 36.4 Å². The molecule has 0 aromatic heterocycles. The molecule has 0 heterocycles. The number of halogens is 1. The van der Waals surface area contributed by atoms with E-state index in [2.05, 4.69) is 53.2 Å². The molecule has 0 unspecified atom stereocenters. The van der Waals surface area contributed by atoms with Crippen LogP contribution in [0.15, 0.2) is 95.0 Å². The van der Waals surface area contributed by atoms with Crippen LogP contribution in [0.25, 0.3) is 0 Å². The van der Waals surface area contributed by atoms with Crippen molar-refractivity contribution >= 4 is 21.7 Å². The van der Waals surface area contributed by atoms with Gasteiger partial charge in [-0.3, -0.25) is 4.79 Å². The molecule has 0 saturated carbocycles. The minimum absolute atomic E-state index is 0.00591. The zero-order valence-electron chi connectivity index (χ0n) is 16.3. The molecule has 0 fully saturated rings. The van der Waals surface area contributed by atoms with E-state index in [4.69, 9.17) is 0 Å². The first-order chi connectivity index (χ1) is 14.0. The fraction of sp³-hybridized carbons (Fsp3) is 0.192. The quantitative estimate of drug-likeness (QED) is 0.350. The van der Waals surface area contributed by atoms with E-state index in [1.54, 1.807) is 18.2 Å². The first-order valence-corrected chi connectivity index (χ1v) is 10.6. The lowest BCUT2D eigenvalue weighted by Gasteiger charge is -2.36. The van der Waals surface area contributed by atoms with Gasteiger partial charge in [0.15, 0.2) is 5.78 Å². The van der Waals surface area contributed by atoms with Crippen LogP contribution in [0, 0.1) is 5.92 Å². The van der Waals surface area contributed by atoms with Crippen molar-refractivity contribution in [2.24, 2.45) is 5.92 Å². The summed E-state index contributed by atoms with van der Waals surface area (Å²) in [5, 5.41) is 10.4. The molecule has 0 bridgehead atoms. The van der Waals surface area contributed by atoms with Crippen LogP contribution in [0.1, 0.15) is 46.7 Å². The second kappa shape index (κ2) is 8.38. The highest BCUT2D eigenvalue weighted by Crippen LogP contribution is 2.47. The first kappa shape index (κ1) is 19.7. The van der Waals surface area contributed by atoms with Gasteiger partial charge in [0.1, 0.15) is 5.75 Å². The molecule has 146 valence electrons. The Labute approximate surface area is 180 Å². The van der Waals surface area contributed by atoms with Crippen molar-refractivity contribution in [3.63, 3.8) is 0 Å². The number of benzene rings is 3. The number of ketones is 1. The molecule has 0 amide bonds. The van der Waals surface area contributed by atoms with E-state index in [-0.39, 0.29) is 29.3 Å². The molecule has 3 heteroatoms. The largest absolute Gasteiger partial charge is 0.507 e. The van der Waals surface area contributed by atoms with Gasteiger partial charge in [0, 0.05) is 16.3 Å². The number of carbonyl (C=O) groups excluding carboxylic acids is 1. The van der Waals surface area contributed by atoms with Crippen LogP contribution in [-0.4, -0.2) is 10.9 Å². The van der Waals surface area contributed by atoms with Gasteiger partial charge in [-0.15, -0.1) is 0 Å². The highest BCUT2D eigenvalue weighted by atomic mass is 79.9. The van der Waals surface area contributed by atoms with Gasteiger partial charge >= 0.3 is 0 Å². The van der Waals surface area contributed by atoms with E-state index in [1.165, 1.54) is 5.57 Å². The molecule has 0 saturated heterocycles. The third-order valence-electron chi connectivity index (χ3n) is 5.78. The molecule has 0 spiro atoms. The Hall–Kier alpha value is -2.65. The second-order valence-electron chi connectivity index (χ2n) is 7.72. The van der Waals surface area contributed by atoms with Crippen molar-refractivity contribution in [3.8, 4) is 5.75 Å². The Kier molecular flexibility index (Phi) is 5.68. The minimum Gasteiger partial charge on any atom is -0.507 e. The van der Waals surface area contributed by atoms with Crippen molar-refractivity contribution < 1.29 is 9.90 Å². The summed E-state index contributed by atoms with van der Waals surface area (Å²) < 4.78 is 1.01. The number of hydrogen-bond donors (Lipinski definition) is 1. The molecule has 1 aliphatic carbocycles. The smallest absolute Gasteiger partial charge is 0.171 e. The van der Waals surface area contributed by atoms with Crippen molar-refractivity contribution in [1.29, 1.82) is 0 Å². The third-order valence-corrected chi connectivity index (χ3v) is 6.31. The molecule has 3 aromatic carbocycles. The standard InChI is InChI=1S/C26H23BrO2/c1-17-15-22(18-7-3-2-4-8-18)25(26(29)21-9-5-6-10-24(21)28)23(16-17)19-11-13-20(27)14-12-19/h2-14,16,22-23,25,28H,15H2,1H3/t22-,23-,25-/m0/s1. The van der Waals surface area contributed by atoms with Crippen LogP contribution in [0.3, 0.4) is 0 Å². The van der Waals surface area contributed by atoms with Crippen LogP contribution < -0.4 is 0 Å². The summed E-state index contributed by atoms with van der Waals surface area (Å²) in [4.78, 5) is 13.8. The lowest BCUT2D eigenvalue weighted by Crippen LogP contribution is -2.31. The summed E-state index contributed by atoms with van der Waals surface area (Å²) in [6, 6.07) is 25.3. The van der Waals surface area contributed by atoms with Gasteiger partial charge in [-0.2, -0.15) is 0 Å². The summed E-state index contributed by atoms with van der Waals surface area (Å²) >= 11 is 3.50. The SMILES string of the molecule is CC1=C[C@@H](c2ccc(Br)cc2)[C@@H](C(=O)c2ccccc2O)[C@H](c2ccccc2)C1. The van der Waals surface area contributed by atoms with Gasteiger partial charge in [0.05, 0.1) is 5.56 Å². The lowest BCUT2D eigenvalue weighted by atomic mass is 9.66. The predicted octanol–water partition coefficient (Wildman–Crippen LogP) is 6.87. The molecule has 3 atom stereocenters. The molecule has 2 nitrogen and oxygen atoms in total. The Morgan fingerprint density at radius 2 is 1.55 bits per heavy atom. The fourth-order valence-electron chi connectivity index (χ4n) is 4.42. The number of aromatic hydroxyl groups is 1. The van der Waals surface area contributed by atoms with Crippen molar-refractivity contribution in [2.75, 3.05) is 0 Å². The number of Topliss-reactive ketones (excluding diaryl/α,β-unsaturated/α-hetero) is 1. The van der Waals surface area contributed by atoms with Gasteiger partial charge in [0.25, 0.3) is 0 Å². The number of phenols is 1. The van der Waals surface area contributed by atoms with Gasteiger partial charge in [-0.25, -0.2) is 0 Å². The average molecular weight is 447 g/mol. The summed E-state index contributed by atoms with van der Waals surface area (Å²) in [5.74, 6) is -0.231. The summed E-state index contributed by atoms with van der Waals surface area (Å²) in [6.45, 7) is 2.14. The van der Waals surface area contributed by atoms with Crippen LogP contribution >= 0.6 is 15.9 Å². The topological polar surface area (TPSA) is 37.3 Å². The molecule has 29 heavy (non-hydrogen) atoms. The van der Waals surface area contributed by atoms with Crippen LogP contribution in [0.2, 0.25) is 0 Å². The predicted molar refractivity (Wildman–Crippen MR) is 120 cm³/mol. The van der Waals surface area contributed by atoms with Gasteiger partial charge in [0.2, 0.25) is 0 Å². The summed E-state index contributed by atoms with van der Waals surface area (Å²) in [7, 11) is 0. The molecule has 3 aromatic rings. The van der Waals surface area contributed by atoms with Gasteiger partial charge in [-0.05, 0) is 54.7 Å². The fourth-order valence-corrected chi connectivity index (χ4v) is 4.69. The highest BCUT2D eigenvalue weighted by Gasteiger charge is 2.40. The number of para-hydroxylation sites is 1. The molecule has 0 aliphatic heterocycles. The molecule has 1 N–H and O–H groups in total. The van der Waals surface area contributed by atoms with E-state index >= 15 is 0 Å². The van der Waals surface area contributed by atoms with E-state index in [9.17, 15) is 9.90 Å². The van der Waals surface area contributed by atoms with E-state index < -0.39 is 0 Å². The van der Waals surface area contributed by atoms with Gasteiger partial charge < -0.3 is 5.11 Å². The summed E-state index contributed by atoms with van der Waals surface area (Å²) in [6.07, 6.45) is 3.06. The third kappa shape index (κ3) is 4.06. The number of allylic oxidation sites excluding steroid dienone is 2. The van der Waals surface area contributed by atoms with E-state index in [0.717, 1.165) is 22.0 Å². The van der Waals surface area contributed by atoms with Crippen molar-refractivity contribution in [3.05, 3.63) is 112 Å². The van der Waals surface area contributed by atoms with E-state index in [0.29, 0.717) is 5.56 Å². The molecule has 0 radical (unpaired) electrons. The first-order valence-electron chi connectivity index (χ1n) is 9.84. The normalized spacial score (nSPS) is 21.4. The Morgan fingerprint density at radius 3 is 2.24 bits per heavy atom. The van der Waals surface area contributed by atoms with Crippen molar-refractivity contribution in [2.45, 2.75) is 25.2 Å². The maximum Gasteiger partial charge on any atom is 0.171 e. The Bertz CT molecular complexity index is 1040. The maximum atomic E-state index is 13.8. The molecule has 1 aliphatic rings. The van der Waals surface area contributed by atoms with Gasteiger partial charge in [-0.1, -0.05) is 82.2 Å². The number of carbonyl (C=O) groups is 1. The number of rotatable bonds is 4. The lowest BCUT2D eigenvalue weighted by molar-refractivity contribution is 0.0878. The second-order valence-corrected chi connectivity index (χ2v) is 8.63. The monoisotopic (exact) mass is 446 g/mol. The Morgan fingerprint density at radius 1 is 0.897 bits per heavy atom. The Balaban J connectivity index is 1.85.